The van der Waals surface area contributed by atoms with Crippen molar-refractivity contribution >= 4 is 5.97 Å². The molecule has 1 spiro atoms. The standard InChI is InChI=1S/C39H56O4/c1-34(2)23-28-27(29(24-34)33(40)41-25-26-11-9-8-10-12-26)15-17-37(6)30(28)13-14-32-36(5)19-20-39(42-21-22-43-39)35(3,4)31(36)16-18-38(32,37)7/h8-13,27-29,31-32H,14-25H2,1-7H3/t27?,28?,29-,31?,32?,36+,37-,38-/m1/s1. The largest absolute Gasteiger partial charge is 0.461 e. The van der Waals surface area contributed by atoms with E-state index in [9.17, 15) is 4.79 Å². The first-order chi connectivity index (χ1) is 20.3. The van der Waals surface area contributed by atoms with Crippen LogP contribution in [0.1, 0.15) is 112 Å². The van der Waals surface area contributed by atoms with Gasteiger partial charge in [0.1, 0.15) is 6.61 Å². The second-order valence-electron chi connectivity index (χ2n) is 17.5. The van der Waals surface area contributed by atoms with Crippen molar-refractivity contribution in [1.82, 2.24) is 0 Å². The van der Waals surface area contributed by atoms with Gasteiger partial charge in [-0.05, 0) is 102 Å². The lowest BCUT2D eigenvalue weighted by atomic mass is 9.34. The van der Waals surface area contributed by atoms with Gasteiger partial charge in [0.2, 0.25) is 0 Å². The molecule has 43 heavy (non-hydrogen) atoms. The van der Waals surface area contributed by atoms with E-state index in [0.717, 1.165) is 38.0 Å². The maximum atomic E-state index is 13.7. The number of ether oxygens (including phenoxy) is 3. The van der Waals surface area contributed by atoms with E-state index in [1.165, 1.54) is 38.5 Å². The molecule has 0 amide bonds. The number of carbonyl (C=O) groups is 1. The third kappa shape index (κ3) is 4.24. The highest BCUT2D eigenvalue weighted by atomic mass is 16.7. The maximum absolute atomic E-state index is 13.7. The molecule has 1 aromatic rings. The fourth-order valence-corrected chi connectivity index (χ4v) is 12.6. The van der Waals surface area contributed by atoms with Gasteiger partial charge < -0.3 is 14.2 Å². The molecule has 4 saturated carbocycles. The van der Waals surface area contributed by atoms with E-state index < -0.39 is 5.79 Å². The summed E-state index contributed by atoms with van der Waals surface area (Å²) in [6.45, 7) is 19.5. The lowest BCUT2D eigenvalue weighted by Gasteiger charge is -2.71. The molecule has 5 fully saturated rings. The van der Waals surface area contributed by atoms with Crippen molar-refractivity contribution in [3.05, 3.63) is 47.5 Å². The van der Waals surface area contributed by atoms with Crippen LogP contribution in [0, 0.1) is 56.7 Å². The predicted molar refractivity (Wildman–Crippen MR) is 170 cm³/mol. The molecule has 7 rings (SSSR count). The van der Waals surface area contributed by atoms with Gasteiger partial charge in [0, 0.05) is 11.8 Å². The molecule has 6 aliphatic rings. The van der Waals surface area contributed by atoms with Crippen LogP contribution in [0.3, 0.4) is 0 Å². The van der Waals surface area contributed by atoms with Crippen molar-refractivity contribution in [2.24, 2.45) is 56.7 Å². The molecule has 4 heteroatoms. The summed E-state index contributed by atoms with van der Waals surface area (Å²) in [7, 11) is 0. The van der Waals surface area contributed by atoms with E-state index >= 15 is 0 Å². The summed E-state index contributed by atoms with van der Waals surface area (Å²) in [4.78, 5) is 13.7. The Hall–Kier alpha value is -1.65. The molecule has 0 aromatic heterocycles. The first-order valence-electron chi connectivity index (χ1n) is 17.5. The second kappa shape index (κ2) is 9.92. The third-order valence-corrected chi connectivity index (χ3v) is 14.9. The highest BCUT2D eigenvalue weighted by Crippen LogP contribution is 2.76. The third-order valence-electron chi connectivity index (χ3n) is 14.9. The quantitative estimate of drug-likeness (QED) is 0.261. The number of rotatable bonds is 3. The number of esters is 1. The van der Waals surface area contributed by atoms with Crippen molar-refractivity contribution < 1.29 is 19.0 Å². The van der Waals surface area contributed by atoms with Crippen LogP contribution in [0.25, 0.3) is 0 Å². The Balaban J connectivity index is 1.18. The minimum Gasteiger partial charge on any atom is -0.461 e. The smallest absolute Gasteiger partial charge is 0.309 e. The van der Waals surface area contributed by atoms with Gasteiger partial charge in [-0.1, -0.05) is 90.4 Å². The highest BCUT2D eigenvalue weighted by Gasteiger charge is 2.70. The van der Waals surface area contributed by atoms with Gasteiger partial charge in [0.05, 0.1) is 19.1 Å². The van der Waals surface area contributed by atoms with Crippen LogP contribution < -0.4 is 0 Å². The van der Waals surface area contributed by atoms with Crippen LogP contribution in [0.5, 0.6) is 0 Å². The Morgan fingerprint density at radius 2 is 1.58 bits per heavy atom. The second-order valence-corrected chi connectivity index (χ2v) is 17.5. The zero-order valence-corrected chi connectivity index (χ0v) is 28.0. The molecular formula is C39H56O4. The van der Waals surface area contributed by atoms with Gasteiger partial charge in [-0.3, -0.25) is 4.79 Å². The molecule has 1 aliphatic heterocycles. The molecule has 0 N–H and O–H groups in total. The first-order valence-corrected chi connectivity index (χ1v) is 17.5. The number of benzene rings is 1. The summed E-state index contributed by atoms with van der Waals surface area (Å²) in [6, 6.07) is 10.1. The fourth-order valence-electron chi connectivity index (χ4n) is 12.6. The molecule has 1 saturated heterocycles. The van der Waals surface area contributed by atoms with Gasteiger partial charge in [-0.2, -0.15) is 0 Å². The van der Waals surface area contributed by atoms with Crippen LogP contribution in [0.15, 0.2) is 42.0 Å². The zero-order valence-electron chi connectivity index (χ0n) is 28.0. The summed E-state index contributed by atoms with van der Waals surface area (Å²) in [6.07, 6.45) is 13.1. The van der Waals surface area contributed by atoms with Crippen molar-refractivity contribution in [2.75, 3.05) is 13.2 Å². The molecule has 0 radical (unpaired) electrons. The molecule has 8 atom stereocenters. The fraction of sp³-hybridized carbons (Fsp3) is 0.769. The molecule has 236 valence electrons. The Morgan fingerprint density at radius 1 is 0.860 bits per heavy atom. The van der Waals surface area contributed by atoms with E-state index in [4.69, 9.17) is 14.2 Å². The summed E-state index contributed by atoms with van der Waals surface area (Å²) in [5.74, 6) is 1.74. The SMILES string of the molecule is CC1(C)CC2C3=CCC4[C@@]5(C)CCC6(OCCO6)C(C)(C)C5CC[C@@]4(C)[C@]3(C)CCC2[C@H](C(=O)OCc2ccccc2)C1. The Bertz CT molecular complexity index is 1270. The Morgan fingerprint density at radius 3 is 2.30 bits per heavy atom. The summed E-state index contributed by atoms with van der Waals surface area (Å²) < 4.78 is 18.9. The van der Waals surface area contributed by atoms with E-state index in [1.54, 1.807) is 5.57 Å². The molecule has 4 nitrogen and oxygen atoms in total. The number of fused-ring (bicyclic) bond motifs is 7. The van der Waals surface area contributed by atoms with E-state index in [0.29, 0.717) is 30.3 Å². The topological polar surface area (TPSA) is 44.8 Å². The maximum Gasteiger partial charge on any atom is 0.309 e. The average Bonchev–Trinajstić information content (AvgIpc) is 3.45. The average molecular weight is 589 g/mol. The number of carbonyl (C=O) groups excluding carboxylic acids is 1. The summed E-state index contributed by atoms with van der Waals surface area (Å²) in [5, 5.41) is 0. The molecule has 5 aliphatic carbocycles. The number of hydrogen-bond donors (Lipinski definition) is 0. The predicted octanol–water partition coefficient (Wildman–Crippen LogP) is 9.13. The van der Waals surface area contributed by atoms with E-state index in [1.807, 2.05) is 30.3 Å². The molecule has 1 aromatic carbocycles. The molecule has 4 unspecified atom stereocenters. The minimum atomic E-state index is -0.402. The van der Waals surface area contributed by atoms with Crippen LogP contribution in [0.2, 0.25) is 0 Å². The van der Waals surface area contributed by atoms with Gasteiger partial charge in [0.15, 0.2) is 5.79 Å². The van der Waals surface area contributed by atoms with Crippen LogP contribution in [-0.2, 0) is 25.6 Å². The van der Waals surface area contributed by atoms with Crippen LogP contribution >= 0.6 is 0 Å². The lowest BCUT2D eigenvalue weighted by molar-refractivity contribution is -0.307. The number of allylic oxidation sites excluding steroid dienone is 2. The van der Waals surface area contributed by atoms with Crippen molar-refractivity contribution in [3.63, 3.8) is 0 Å². The molecule has 1 heterocycles. The van der Waals surface area contributed by atoms with Gasteiger partial charge >= 0.3 is 5.97 Å². The highest BCUT2D eigenvalue weighted by molar-refractivity contribution is 5.73. The van der Waals surface area contributed by atoms with Crippen molar-refractivity contribution in [2.45, 2.75) is 119 Å². The normalized spacial score (nSPS) is 43.9. The number of hydrogen-bond acceptors (Lipinski definition) is 4. The van der Waals surface area contributed by atoms with E-state index in [-0.39, 0.29) is 39.0 Å². The van der Waals surface area contributed by atoms with Crippen molar-refractivity contribution in [3.8, 4) is 0 Å². The molecular weight excluding hydrogens is 532 g/mol. The lowest BCUT2D eigenvalue weighted by Crippen LogP contribution is -2.67. The monoisotopic (exact) mass is 588 g/mol. The van der Waals surface area contributed by atoms with Gasteiger partial charge in [-0.15, -0.1) is 0 Å². The van der Waals surface area contributed by atoms with Crippen LogP contribution in [-0.4, -0.2) is 25.0 Å². The Labute approximate surface area is 260 Å². The van der Waals surface area contributed by atoms with E-state index in [2.05, 4.69) is 54.5 Å². The minimum absolute atomic E-state index is 0.00110. The first kappa shape index (κ1) is 30.0. The summed E-state index contributed by atoms with van der Waals surface area (Å²) in [5.41, 5.74) is 3.61. The van der Waals surface area contributed by atoms with Crippen LogP contribution in [0.4, 0.5) is 0 Å². The molecule has 0 bridgehead atoms. The van der Waals surface area contributed by atoms with Gasteiger partial charge in [-0.25, -0.2) is 0 Å². The summed E-state index contributed by atoms with van der Waals surface area (Å²) >= 11 is 0. The van der Waals surface area contributed by atoms with Gasteiger partial charge in [0.25, 0.3) is 0 Å². The Kier molecular flexibility index (Phi) is 6.93. The zero-order chi connectivity index (χ0) is 30.5. The van der Waals surface area contributed by atoms with Crippen molar-refractivity contribution in [1.29, 1.82) is 0 Å².